The van der Waals surface area contributed by atoms with Crippen LogP contribution in [0.3, 0.4) is 0 Å². The summed E-state index contributed by atoms with van der Waals surface area (Å²) < 4.78 is 10.7. The first-order valence-electron chi connectivity index (χ1n) is 15.6. The van der Waals surface area contributed by atoms with Crippen molar-refractivity contribution in [3.8, 4) is 17.9 Å². The first kappa shape index (κ1) is 39.6. The molecule has 0 aliphatic rings. The molecule has 0 aliphatic carbocycles. The van der Waals surface area contributed by atoms with Crippen LogP contribution in [0.1, 0.15) is 149 Å². The van der Waals surface area contributed by atoms with Crippen LogP contribution in [0.2, 0.25) is 0 Å². The highest BCUT2D eigenvalue weighted by Gasteiger charge is 2.06. The Morgan fingerprint density at radius 1 is 0.775 bits per heavy atom. The summed E-state index contributed by atoms with van der Waals surface area (Å²) in [5.74, 6) is 1.45. The van der Waals surface area contributed by atoms with Gasteiger partial charge in [-0.05, 0) is 76.0 Å². The number of unbranched alkanes of at least 4 members (excludes halogenated alkanes) is 9. The van der Waals surface area contributed by atoms with Crippen LogP contribution in [0.4, 0.5) is 0 Å². The van der Waals surface area contributed by atoms with Crippen molar-refractivity contribution >= 4 is 5.97 Å². The van der Waals surface area contributed by atoms with Gasteiger partial charge in [0.1, 0.15) is 5.75 Å². The molecular formula is C34H58N2O4. The molecule has 0 saturated heterocycles. The van der Waals surface area contributed by atoms with Crippen LogP contribution in [-0.4, -0.2) is 29.9 Å². The molecule has 0 bridgehead atoms. The summed E-state index contributed by atoms with van der Waals surface area (Å²) in [6.07, 6.45) is 14.7. The second kappa shape index (κ2) is 29.4. The lowest BCUT2D eigenvalue weighted by Crippen LogP contribution is -2.13. The highest BCUT2D eigenvalue weighted by Crippen LogP contribution is 2.21. The molecule has 0 radical (unpaired) electrons. The molecule has 228 valence electrons. The van der Waals surface area contributed by atoms with Crippen molar-refractivity contribution in [1.29, 1.82) is 10.5 Å². The van der Waals surface area contributed by atoms with Crippen LogP contribution in [0.25, 0.3) is 0 Å². The van der Waals surface area contributed by atoms with Crippen molar-refractivity contribution in [3.05, 3.63) is 29.8 Å². The maximum absolute atomic E-state index is 11.4. The zero-order valence-electron chi connectivity index (χ0n) is 26.4. The van der Waals surface area contributed by atoms with Gasteiger partial charge in [0.15, 0.2) is 0 Å². The number of hydrogen-bond donors (Lipinski definition) is 1. The Morgan fingerprint density at radius 2 is 1.27 bits per heavy atom. The van der Waals surface area contributed by atoms with E-state index in [1.807, 2.05) is 32.9 Å². The summed E-state index contributed by atoms with van der Waals surface area (Å²) in [5.41, 5.74) is 1.35. The number of nitriles is 2. The minimum Gasteiger partial charge on any atom is -0.494 e. The summed E-state index contributed by atoms with van der Waals surface area (Å²) in [7, 11) is 0. The molecule has 0 heterocycles. The van der Waals surface area contributed by atoms with Gasteiger partial charge in [-0.1, -0.05) is 78.4 Å². The van der Waals surface area contributed by atoms with E-state index in [0.717, 1.165) is 50.7 Å². The lowest BCUT2D eigenvalue weighted by atomic mass is 9.99. The largest absolute Gasteiger partial charge is 0.494 e. The number of hydrogen-bond acceptors (Lipinski definition) is 6. The maximum atomic E-state index is 11.4. The average molecular weight is 559 g/mol. The van der Waals surface area contributed by atoms with Gasteiger partial charge in [0.2, 0.25) is 0 Å². The lowest BCUT2D eigenvalue weighted by molar-refractivity contribution is -0.148. The Kier molecular flexibility index (Phi) is 29.1. The van der Waals surface area contributed by atoms with Gasteiger partial charge in [-0.15, -0.1) is 0 Å². The van der Waals surface area contributed by atoms with Crippen LogP contribution in [0.5, 0.6) is 5.75 Å². The predicted octanol–water partition coefficient (Wildman–Crippen LogP) is 9.41. The normalized spacial score (nSPS) is 12.2. The number of aliphatic hydroxyl groups is 1. The fraction of sp³-hybridized carbons (Fsp3) is 0.735. The topological polar surface area (TPSA) is 103 Å². The van der Waals surface area contributed by atoms with Gasteiger partial charge in [-0.2, -0.15) is 10.5 Å². The summed E-state index contributed by atoms with van der Waals surface area (Å²) in [6, 6.07) is 12.5. The molecule has 6 nitrogen and oxygen atoms in total. The smallest absolute Gasteiger partial charge is 0.306 e. The number of carbonyl (C=O) groups excluding carboxylic acids is 1. The van der Waals surface area contributed by atoms with Gasteiger partial charge in [0.25, 0.3) is 0 Å². The maximum Gasteiger partial charge on any atom is 0.306 e. The third kappa shape index (κ3) is 27.0. The van der Waals surface area contributed by atoms with Crippen LogP contribution in [0.15, 0.2) is 24.3 Å². The molecule has 1 N–H and O–H groups in total. The van der Waals surface area contributed by atoms with E-state index in [2.05, 4.69) is 38.1 Å². The van der Waals surface area contributed by atoms with E-state index in [9.17, 15) is 4.79 Å². The van der Waals surface area contributed by atoms with E-state index in [4.69, 9.17) is 25.1 Å². The molecule has 1 aromatic rings. The number of carbonyl (C=O) groups is 1. The molecular weight excluding hydrogens is 500 g/mol. The van der Waals surface area contributed by atoms with E-state index in [1.54, 1.807) is 6.92 Å². The zero-order valence-corrected chi connectivity index (χ0v) is 26.4. The third-order valence-electron chi connectivity index (χ3n) is 6.68. The number of rotatable bonds is 19. The van der Waals surface area contributed by atoms with Gasteiger partial charge in [-0.3, -0.25) is 4.79 Å². The highest BCUT2D eigenvalue weighted by atomic mass is 16.5. The first-order chi connectivity index (χ1) is 19.2. The van der Waals surface area contributed by atoms with Crippen molar-refractivity contribution < 1.29 is 19.4 Å². The molecule has 0 saturated carbocycles. The molecule has 1 rings (SSSR count). The predicted molar refractivity (Wildman–Crippen MR) is 165 cm³/mol. The molecule has 1 aromatic carbocycles. The van der Waals surface area contributed by atoms with Crippen LogP contribution in [-0.2, 0) is 9.53 Å². The molecule has 3 unspecified atom stereocenters. The fourth-order valence-electron chi connectivity index (χ4n) is 3.37. The Morgan fingerprint density at radius 3 is 1.75 bits per heavy atom. The molecule has 0 aliphatic heterocycles. The second-order valence-corrected chi connectivity index (χ2v) is 10.4. The van der Waals surface area contributed by atoms with Crippen LogP contribution >= 0.6 is 0 Å². The molecule has 6 heteroatoms. The number of esters is 1. The summed E-state index contributed by atoms with van der Waals surface area (Å²) in [6.45, 7) is 12.7. The van der Waals surface area contributed by atoms with Crippen LogP contribution in [0, 0.1) is 22.7 Å². The molecule has 0 aromatic heterocycles. The lowest BCUT2D eigenvalue weighted by Gasteiger charge is -2.10. The minimum atomic E-state index is -0.116. The Hall–Kier alpha value is -2.57. The SMILES string of the molecule is CCC(C)O.CCC(C)OC(=O)CCCCCCCCCCC#N.CCC(C)c1ccc(OCCCC#N)cc1. The van der Waals surface area contributed by atoms with Crippen LogP contribution < -0.4 is 4.74 Å². The summed E-state index contributed by atoms with van der Waals surface area (Å²) >= 11 is 0. The van der Waals surface area contributed by atoms with Crippen molar-refractivity contribution in [2.75, 3.05) is 6.61 Å². The molecule has 0 fully saturated rings. The van der Waals surface area contributed by atoms with E-state index in [0.29, 0.717) is 31.8 Å². The minimum absolute atomic E-state index is 0.0501. The molecule has 3 atom stereocenters. The molecule has 40 heavy (non-hydrogen) atoms. The Bertz CT molecular complexity index is 781. The van der Waals surface area contributed by atoms with E-state index in [-0.39, 0.29) is 18.2 Å². The first-order valence-corrected chi connectivity index (χ1v) is 15.6. The monoisotopic (exact) mass is 558 g/mol. The summed E-state index contributed by atoms with van der Waals surface area (Å²) in [5, 5.41) is 25.1. The van der Waals surface area contributed by atoms with Gasteiger partial charge >= 0.3 is 5.97 Å². The third-order valence-corrected chi connectivity index (χ3v) is 6.68. The molecule has 0 amide bonds. The Labute approximate surface area is 246 Å². The summed E-state index contributed by atoms with van der Waals surface area (Å²) in [4.78, 5) is 11.4. The van der Waals surface area contributed by atoms with Gasteiger partial charge in [-0.25, -0.2) is 0 Å². The number of benzene rings is 1. The number of ether oxygens (including phenoxy) is 2. The standard InChI is InChI=1S/C16H29NO2.C14H19NO.C4H10O/c1-3-15(2)19-16(18)13-11-9-7-5-4-6-8-10-12-14-17;1-3-12(2)13-6-8-14(9-7-13)16-11-5-4-10-15;1-3-4(2)5/h15H,3-13H2,1-2H3;6-9,12H,3-5,11H2,1-2H3;4-5H,3H2,1-2H3. The second-order valence-electron chi connectivity index (χ2n) is 10.4. The van der Waals surface area contributed by atoms with Gasteiger partial charge in [0.05, 0.1) is 31.0 Å². The van der Waals surface area contributed by atoms with Gasteiger partial charge in [0, 0.05) is 19.3 Å². The number of nitrogens with zero attached hydrogens (tertiary/aromatic N) is 2. The highest BCUT2D eigenvalue weighted by molar-refractivity contribution is 5.69. The quantitative estimate of drug-likeness (QED) is 0.134. The Balaban J connectivity index is 0. The van der Waals surface area contributed by atoms with E-state index >= 15 is 0 Å². The fourth-order valence-corrected chi connectivity index (χ4v) is 3.37. The van der Waals surface area contributed by atoms with E-state index < -0.39 is 0 Å². The number of aliphatic hydroxyl groups excluding tert-OH is 1. The molecule has 0 spiro atoms. The van der Waals surface area contributed by atoms with Crippen molar-refractivity contribution in [3.63, 3.8) is 0 Å². The van der Waals surface area contributed by atoms with Crippen molar-refractivity contribution in [1.82, 2.24) is 0 Å². The van der Waals surface area contributed by atoms with Gasteiger partial charge < -0.3 is 14.6 Å². The van der Waals surface area contributed by atoms with Crippen molar-refractivity contribution in [2.45, 2.75) is 156 Å². The van der Waals surface area contributed by atoms with E-state index in [1.165, 1.54) is 37.7 Å². The van der Waals surface area contributed by atoms with Crippen molar-refractivity contribution in [2.24, 2.45) is 0 Å². The zero-order chi connectivity index (χ0) is 30.4. The average Bonchev–Trinajstić information content (AvgIpc) is 2.96.